The van der Waals surface area contributed by atoms with Crippen LogP contribution in [-0.2, 0) is 22.7 Å². The quantitative estimate of drug-likeness (QED) is 0.812. The average molecular weight is 350 g/mol. The van der Waals surface area contributed by atoms with E-state index in [0.717, 1.165) is 17.0 Å². The zero-order valence-electron chi connectivity index (χ0n) is 14.3. The van der Waals surface area contributed by atoms with Gasteiger partial charge >= 0.3 is 0 Å². The molecule has 8 heteroatoms. The van der Waals surface area contributed by atoms with Crippen LogP contribution in [0.5, 0.6) is 0 Å². The Morgan fingerprint density at radius 1 is 1.44 bits per heavy atom. The van der Waals surface area contributed by atoms with Crippen molar-refractivity contribution in [3.8, 4) is 0 Å². The molecule has 1 amide bonds. The molecule has 1 aliphatic rings. The number of hydrogen-bond donors (Lipinski definition) is 2. The minimum Gasteiger partial charge on any atom is -0.453 e. The minimum absolute atomic E-state index is 0.152. The number of hydrogen-bond acceptors (Lipinski definition) is 7. The molecule has 0 aliphatic carbocycles. The average Bonchev–Trinajstić information content (AvgIpc) is 3.22. The highest BCUT2D eigenvalue weighted by atomic mass is 16.5. The summed E-state index contributed by atoms with van der Waals surface area (Å²) in [5.41, 5.74) is 1.73. The molecule has 0 radical (unpaired) electrons. The Morgan fingerprint density at radius 2 is 2.28 bits per heavy atom. The number of amides is 1. The first-order valence-corrected chi connectivity index (χ1v) is 8.20. The number of furan rings is 1. The first kappa shape index (κ1) is 17.7. The maximum atomic E-state index is 12.3. The zero-order valence-corrected chi connectivity index (χ0v) is 14.3. The summed E-state index contributed by atoms with van der Waals surface area (Å²) in [4.78, 5) is 12.3. The third-order valence-corrected chi connectivity index (χ3v) is 4.27. The number of nitrogens with zero attached hydrogens (tertiary/aromatic N) is 1. The molecular weight excluding hydrogens is 328 g/mol. The summed E-state index contributed by atoms with van der Waals surface area (Å²) in [6.45, 7) is 4.78. The number of ether oxygens (including phenoxy) is 2. The Morgan fingerprint density at radius 3 is 2.96 bits per heavy atom. The molecule has 0 spiro atoms. The van der Waals surface area contributed by atoms with E-state index in [2.05, 4.69) is 10.5 Å². The molecule has 2 aromatic rings. The van der Waals surface area contributed by atoms with Gasteiger partial charge in [0.1, 0.15) is 18.1 Å². The fourth-order valence-corrected chi connectivity index (χ4v) is 2.78. The molecule has 8 nitrogen and oxygen atoms in total. The first-order chi connectivity index (χ1) is 12.1. The number of aromatic nitrogens is 1. The molecule has 3 heterocycles. The van der Waals surface area contributed by atoms with Crippen molar-refractivity contribution in [3.63, 3.8) is 0 Å². The highest BCUT2D eigenvalue weighted by Crippen LogP contribution is 2.19. The number of aryl methyl sites for hydroxylation is 2. The summed E-state index contributed by atoms with van der Waals surface area (Å²) >= 11 is 0. The van der Waals surface area contributed by atoms with Gasteiger partial charge in [-0.05, 0) is 32.4 Å². The molecule has 1 aliphatic heterocycles. The van der Waals surface area contributed by atoms with Crippen molar-refractivity contribution in [3.05, 3.63) is 40.7 Å². The number of aliphatic hydroxyl groups excluding tert-OH is 1. The lowest BCUT2D eigenvalue weighted by molar-refractivity contribution is -0.0609. The Hall–Kier alpha value is -2.16. The van der Waals surface area contributed by atoms with E-state index in [9.17, 15) is 4.79 Å². The fourth-order valence-electron chi connectivity index (χ4n) is 2.78. The van der Waals surface area contributed by atoms with E-state index in [-0.39, 0.29) is 30.4 Å². The Labute approximate surface area is 145 Å². The van der Waals surface area contributed by atoms with Crippen LogP contribution in [0, 0.1) is 13.8 Å². The highest BCUT2D eigenvalue weighted by molar-refractivity contribution is 5.91. The molecule has 3 rings (SSSR count). The summed E-state index contributed by atoms with van der Waals surface area (Å²) in [5.74, 6) is 0.869. The second-order valence-electron chi connectivity index (χ2n) is 6.02. The van der Waals surface area contributed by atoms with E-state index in [1.54, 1.807) is 6.07 Å². The predicted molar refractivity (Wildman–Crippen MR) is 85.9 cm³/mol. The van der Waals surface area contributed by atoms with Crippen molar-refractivity contribution in [1.29, 1.82) is 0 Å². The van der Waals surface area contributed by atoms with Gasteiger partial charge in [-0.25, -0.2) is 0 Å². The van der Waals surface area contributed by atoms with Gasteiger partial charge in [-0.2, -0.15) is 0 Å². The van der Waals surface area contributed by atoms with Crippen molar-refractivity contribution in [2.45, 2.75) is 45.6 Å². The van der Waals surface area contributed by atoms with Crippen LogP contribution in [-0.4, -0.2) is 41.5 Å². The minimum atomic E-state index is -0.360. The third kappa shape index (κ3) is 4.09. The summed E-state index contributed by atoms with van der Waals surface area (Å²) in [6.07, 6.45) is 0.493. The molecule has 0 aromatic carbocycles. The van der Waals surface area contributed by atoms with Gasteiger partial charge in [0.2, 0.25) is 0 Å². The molecule has 0 unspecified atom stereocenters. The second-order valence-corrected chi connectivity index (χ2v) is 6.02. The smallest absolute Gasteiger partial charge is 0.287 e. The van der Waals surface area contributed by atoms with E-state index >= 15 is 0 Å². The van der Waals surface area contributed by atoms with Gasteiger partial charge in [0, 0.05) is 12.2 Å². The zero-order chi connectivity index (χ0) is 17.8. The normalized spacial score (nSPS) is 20.6. The van der Waals surface area contributed by atoms with E-state index in [1.807, 2.05) is 13.8 Å². The number of nitrogens with one attached hydrogen (secondary N) is 1. The lowest BCUT2D eigenvalue weighted by Gasteiger charge is -2.31. The SMILES string of the molecule is Cc1noc(C)c1CO[C@H]1CCOC[C@H]1NC(=O)c1ccc(CO)o1. The molecular formula is C17H22N2O6. The molecule has 2 aromatic heterocycles. The lowest BCUT2D eigenvalue weighted by atomic mass is 10.1. The largest absolute Gasteiger partial charge is 0.453 e. The standard InChI is InChI=1S/C17H22N2O6/c1-10-13(11(2)25-19-10)8-23-15-5-6-22-9-14(15)18-17(21)16-4-3-12(7-20)24-16/h3-4,14-15,20H,5-9H2,1-2H3,(H,18,21)/t14-,15+/m1/s1. The molecule has 0 bridgehead atoms. The molecule has 0 saturated carbocycles. The number of aliphatic hydroxyl groups is 1. The molecule has 25 heavy (non-hydrogen) atoms. The second kappa shape index (κ2) is 7.81. The first-order valence-electron chi connectivity index (χ1n) is 8.20. The van der Waals surface area contributed by atoms with Gasteiger partial charge in [-0.1, -0.05) is 5.16 Å². The molecule has 1 fully saturated rings. The Bertz CT molecular complexity index is 703. The van der Waals surface area contributed by atoms with Crippen LogP contribution in [0.15, 0.2) is 21.1 Å². The number of carbonyl (C=O) groups is 1. The Balaban J connectivity index is 1.61. The van der Waals surface area contributed by atoms with Crippen LogP contribution in [0.3, 0.4) is 0 Å². The van der Waals surface area contributed by atoms with Gasteiger partial charge in [-0.15, -0.1) is 0 Å². The lowest BCUT2D eigenvalue weighted by Crippen LogP contribution is -2.50. The fraction of sp³-hybridized carbons (Fsp3) is 0.529. The maximum Gasteiger partial charge on any atom is 0.287 e. The highest BCUT2D eigenvalue weighted by Gasteiger charge is 2.29. The molecule has 2 atom stereocenters. The van der Waals surface area contributed by atoms with Gasteiger partial charge in [0.25, 0.3) is 5.91 Å². The van der Waals surface area contributed by atoms with E-state index in [1.165, 1.54) is 6.07 Å². The summed E-state index contributed by atoms with van der Waals surface area (Å²) in [6, 6.07) is 2.81. The predicted octanol–water partition coefficient (Wildman–Crippen LogP) is 1.48. The maximum absolute atomic E-state index is 12.3. The Kier molecular flexibility index (Phi) is 5.52. The van der Waals surface area contributed by atoms with Gasteiger partial charge in [-0.3, -0.25) is 4.79 Å². The van der Waals surface area contributed by atoms with Crippen molar-refractivity contribution in [1.82, 2.24) is 10.5 Å². The molecule has 1 saturated heterocycles. The summed E-state index contributed by atoms with van der Waals surface area (Å²) in [5, 5.41) is 15.8. The summed E-state index contributed by atoms with van der Waals surface area (Å²) in [7, 11) is 0. The van der Waals surface area contributed by atoms with Crippen molar-refractivity contribution < 1.29 is 28.3 Å². The van der Waals surface area contributed by atoms with E-state index < -0.39 is 0 Å². The van der Waals surface area contributed by atoms with Gasteiger partial charge < -0.3 is 28.8 Å². The number of rotatable bonds is 6. The molecule has 136 valence electrons. The van der Waals surface area contributed by atoms with Crippen LogP contribution < -0.4 is 5.32 Å². The molecule has 2 N–H and O–H groups in total. The van der Waals surface area contributed by atoms with Crippen LogP contribution >= 0.6 is 0 Å². The third-order valence-electron chi connectivity index (χ3n) is 4.27. The summed E-state index contributed by atoms with van der Waals surface area (Å²) < 4.78 is 21.9. The van der Waals surface area contributed by atoms with Crippen molar-refractivity contribution in [2.24, 2.45) is 0 Å². The van der Waals surface area contributed by atoms with Crippen LogP contribution in [0.4, 0.5) is 0 Å². The van der Waals surface area contributed by atoms with Crippen LogP contribution in [0.1, 0.15) is 39.8 Å². The topological polar surface area (TPSA) is 107 Å². The van der Waals surface area contributed by atoms with Crippen molar-refractivity contribution in [2.75, 3.05) is 13.2 Å². The van der Waals surface area contributed by atoms with Gasteiger partial charge in [0.05, 0.1) is 31.1 Å². The van der Waals surface area contributed by atoms with Gasteiger partial charge in [0.15, 0.2) is 5.76 Å². The van der Waals surface area contributed by atoms with E-state index in [4.69, 9.17) is 23.5 Å². The monoisotopic (exact) mass is 350 g/mol. The van der Waals surface area contributed by atoms with Crippen LogP contribution in [0.25, 0.3) is 0 Å². The van der Waals surface area contributed by atoms with Crippen LogP contribution in [0.2, 0.25) is 0 Å². The van der Waals surface area contributed by atoms with Crippen molar-refractivity contribution >= 4 is 5.91 Å². The number of carbonyl (C=O) groups excluding carboxylic acids is 1. The van der Waals surface area contributed by atoms with E-state index in [0.29, 0.717) is 32.0 Å².